The van der Waals surface area contributed by atoms with Crippen LogP contribution in [0.2, 0.25) is 0 Å². The van der Waals surface area contributed by atoms with Crippen LogP contribution >= 0.6 is 0 Å². The molecule has 17 heavy (non-hydrogen) atoms. The first-order valence-electron chi connectivity index (χ1n) is 4.87. The predicted octanol–water partition coefficient (Wildman–Crippen LogP) is 1.79. The fourth-order valence-electron chi connectivity index (χ4n) is 1.64. The Bertz CT molecular complexity index is 610. The summed E-state index contributed by atoms with van der Waals surface area (Å²) < 4.78 is 13.5. The summed E-state index contributed by atoms with van der Waals surface area (Å²) in [7, 11) is 0. The summed E-state index contributed by atoms with van der Waals surface area (Å²) in [4.78, 5) is 22.2. The predicted molar refractivity (Wildman–Crippen MR) is 61.0 cm³/mol. The molecule has 2 aromatic rings. The second kappa shape index (κ2) is 4.21. The summed E-state index contributed by atoms with van der Waals surface area (Å²) >= 11 is 0. The number of primary amides is 1. The highest BCUT2D eigenvalue weighted by Gasteiger charge is 2.13. The van der Waals surface area contributed by atoms with E-state index in [4.69, 9.17) is 5.73 Å². The fourth-order valence-corrected chi connectivity index (χ4v) is 1.64. The topological polar surface area (TPSA) is 72.2 Å². The number of benzene rings is 2. The fraction of sp³-hybridized carbons (Fsp3) is 0. The van der Waals surface area contributed by atoms with Gasteiger partial charge in [0.05, 0.1) is 0 Å². The molecule has 4 nitrogen and oxygen atoms in total. The number of carbonyl (C=O) groups is 2. The first-order chi connectivity index (χ1) is 8.09. The minimum Gasteiger partial charge on any atom is -0.351 e. The molecule has 5 heteroatoms. The van der Waals surface area contributed by atoms with Crippen molar-refractivity contribution in [3.05, 3.63) is 47.8 Å². The van der Waals surface area contributed by atoms with Crippen molar-refractivity contribution in [1.82, 2.24) is 5.32 Å². The quantitative estimate of drug-likeness (QED) is 0.786. The second-order valence-electron chi connectivity index (χ2n) is 3.46. The highest BCUT2D eigenvalue weighted by Crippen LogP contribution is 2.21. The van der Waals surface area contributed by atoms with Crippen LogP contribution in [0.4, 0.5) is 9.18 Å². The van der Waals surface area contributed by atoms with E-state index >= 15 is 0 Å². The molecule has 0 saturated heterocycles. The molecule has 0 heterocycles. The maximum absolute atomic E-state index is 13.5. The Kier molecular flexibility index (Phi) is 2.74. The standard InChI is InChI=1S/C12H9FN2O2/c13-10-6-5-9(11(16)15-12(14)17)7-3-1-2-4-8(7)10/h1-6H,(H3,14,15,16,17). The highest BCUT2D eigenvalue weighted by atomic mass is 19.1. The van der Waals surface area contributed by atoms with Gasteiger partial charge in [-0.05, 0) is 17.5 Å². The first-order valence-corrected chi connectivity index (χ1v) is 4.87. The zero-order chi connectivity index (χ0) is 12.4. The number of imide groups is 1. The average Bonchev–Trinajstić information content (AvgIpc) is 2.29. The first kappa shape index (κ1) is 11.1. The smallest absolute Gasteiger partial charge is 0.319 e. The molecule has 0 fully saturated rings. The summed E-state index contributed by atoms with van der Waals surface area (Å²) in [6, 6.07) is 8.07. The van der Waals surface area contributed by atoms with Crippen molar-refractivity contribution >= 4 is 22.7 Å². The Labute approximate surface area is 96.2 Å². The molecule has 0 bridgehead atoms. The van der Waals surface area contributed by atoms with Gasteiger partial charge in [-0.3, -0.25) is 10.1 Å². The van der Waals surface area contributed by atoms with Crippen LogP contribution in [0.3, 0.4) is 0 Å². The number of hydrogen-bond acceptors (Lipinski definition) is 2. The molecular formula is C12H9FN2O2. The zero-order valence-corrected chi connectivity index (χ0v) is 8.74. The minimum absolute atomic E-state index is 0.209. The Morgan fingerprint density at radius 2 is 1.71 bits per heavy atom. The van der Waals surface area contributed by atoms with E-state index in [1.54, 1.807) is 24.3 Å². The van der Waals surface area contributed by atoms with Gasteiger partial charge in [-0.1, -0.05) is 24.3 Å². The number of urea groups is 1. The summed E-state index contributed by atoms with van der Waals surface area (Å²) in [6.45, 7) is 0. The molecule has 0 spiro atoms. The van der Waals surface area contributed by atoms with Gasteiger partial charge in [-0.2, -0.15) is 0 Å². The van der Waals surface area contributed by atoms with Crippen molar-refractivity contribution in [2.75, 3.05) is 0 Å². The average molecular weight is 232 g/mol. The van der Waals surface area contributed by atoms with Gasteiger partial charge in [0.15, 0.2) is 0 Å². The minimum atomic E-state index is -0.941. The number of hydrogen-bond donors (Lipinski definition) is 2. The van der Waals surface area contributed by atoms with Crippen molar-refractivity contribution in [3.63, 3.8) is 0 Å². The molecule has 0 unspecified atom stereocenters. The van der Waals surface area contributed by atoms with E-state index < -0.39 is 17.8 Å². The number of amides is 3. The zero-order valence-electron chi connectivity index (χ0n) is 8.74. The van der Waals surface area contributed by atoms with Crippen molar-refractivity contribution in [1.29, 1.82) is 0 Å². The molecule has 86 valence electrons. The molecule has 3 N–H and O–H groups in total. The number of fused-ring (bicyclic) bond motifs is 1. The van der Waals surface area contributed by atoms with Gasteiger partial charge < -0.3 is 5.73 Å². The lowest BCUT2D eigenvalue weighted by molar-refractivity contribution is 0.0968. The molecule has 0 aromatic heterocycles. The van der Waals surface area contributed by atoms with Crippen molar-refractivity contribution < 1.29 is 14.0 Å². The van der Waals surface area contributed by atoms with E-state index in [1.165, 1.54) is 12.1 Å². The SMILES string of the molecule is NC(=O)NC(=O)c1ccc(F)c2ccccc12. The van der Waals surface area contributed by atoms with Crippen LogP contribution in [0.15, 0.2) is 36.4 Å². The Morgan fingerprint density at radius 1 is 1.06 bits per heavy atom. The van der Waals surface area contributed by atoms with Crippen LogP contribution in [0.5, 0.6) is 0 Å². The van der Waals surface area contributed by atoms with Gasteiger partial charge in [0.25, 0.3) is 5.91 Å². The van der Waals surface area contributed by atoms with E-state index in [-0.39, 0.29) is 5.56 Å². The van der Waals surface area contributed by atoms with E-state index in [0.717, 1.165) is 0 Å². The Hall–Kier alpha value is -2.43. The van der Waals surface area contributed by atoms with Crippen LogP contribution in [0, 0.1) is 5.82 Å². The van der Waals surface area contributed by atoms with Gasteiger partial charge >= 0.3 is 6.03 Å². The Balaban J connectivity index is 2.59. The number of carbonyl (C=O) groups excluding carboxylic acids is 2. The molecular weight excluding hydrogens is 223 g/mol. The van der Waals surface area contributed by atoms with Gasteiger partial charge in [-0.15, -0.1) is 0 Å². The van der Waals surface area contributed by atoms with Gasteiger partial charge in [0.2, 0.25) is 0 Å². The molecule has 0 saturated carbocycles. The van der Waals surface area contributed by atoms with Crippen LogP contribution in [0.25, 0.3) is 10.8 Å². The third-order valence-electron chi connectivity index (χ3n) is 2.35. The molecule has 2 aromatic carbocycles. The normalized spacial score (nSPS) is 10.2. The number of nitrogens with two attached hydrogens (primary N) is 1. The van der Waals surface area contributed by atoms with Gasteiger partial charge in [0.1, 0.15) is 5.82 Å². The van der Waals surface area contributed by atoms with Crippen molar-refractivity contribution in [3.8, 4) is 0 Å². The van der Waals surface area contributed by atoms with Crippen LogP contribution in [-0.4, -0.2) is 11.9 Å². The molecule has 2 rings (SSSR count). The maximum atomic E-state index is 13.5. The van der Waals surface area contributed by atoms with Crippen molar-refractivity contribution in [2.24, 2.45) is 5.73 Å². The number of nitrogens with one attached hydrogen (secondary N) is 1. The van der Waals surface area contributed by atoms with Crippen LogP contribution in [-0.2, 0) is 0 Å². The van der Waals surface area contributed by atoms with Crippen LogP contribution in [0.1, 0.15) is 10.4 Å². The van der Waals surface area contributed by atoms with E-state index in [1.807, 2.05) is 5.32 Å². The molecule has 0 aliphatic heterocycles. The summed E-state index contributed by atoms with van der Waals surface area (Å²) in [5, 5.41) is 2.71. The van der Waals surface area contributed by atoms with Gasteiger partial charge in [-0.25, -0.2) is 9.18 Å². The number of halogens is 1. The Morgan fingerprint density at radius 3 is 2.35 bits per heavy atom. The summed E-state index contributed by atoms with van der Waals surface area (Å²) in [6.07, 6.45) is 0. The van der Waals surface area contributed by atoms with E-state index in [0.29, 0.717) is 10.8 Å². The summed E-state index contributed by atoms with van der Waals surface area (Å²) in [5.74, 6) is -1.06. The molecule has 0 atom stereocenters. The number of rotatable bonds is 1. The second-order valence-corrected chi connectivity index (χ2v) is 3.46. The maximum Gasteiger partial charge on any atom is 0.319 e. The van der Waals surface area contributed by atoms with E-state index in [9.17, 15) is 14.0 Å². The lowest BCUT2D eigenvalue weighted by Gasteiger charge is -2.06. The third kappa shape index (κ3) is 2.08. The van der Waals surface area contributed by atoms with Gasteiger partial charge in [0, 0.05) is 10.9 Å². The monoisotopic (exact) mass is 232 g/mol. The molecule has 3 amide bonds. The molecule has 0 radical (unpaired) electrons. The molecule has 0 aliphatic rings. The lowest BCUT2D eigenvalue weighted by atomic mass is 10.0. The highest BCUT2D eigenvalue weighted by molar-refractivity contribution is 6.11. The molecule has 0 aliphatic carbocycles. The lowest BCUT2D eigenvalue weighted by Crippen LogP contribution is -2.35. The third-order valence-corrected chi connectivity index (χ3v) is 2.35. The van der Waals surface area contributed by atoms with Crippen LogP contribution < -0.4 is 11.1 Å². The van der Waals surface area contributed by atoms with Crippen molar-refractivity contribution in [2.45, 2.75) is 0 Å². The largest absolute Gasteiger partial charge is 0.351 e. The summed E-state index contributed by atoms with van der Waals surface area (Å²) in [5.41, 5.74) is 5.07. The van der Waals surface area contributed by atoms with E-state index in [2.05, 4.69) is 0 Å².